The Morgan fingerprint density at radius 3 is 2.71 bits per heavy atom. The highest BCUT2D eigenvalue weighted by Crippen LogP contribution is 2.24. The van der Waals surface area contributed by atoms with Crippen LogP contribution in [0.3, 0.4) is 0 Å². The molecule has 1 fully saturated rings. The normalized spacial score (nSPS) is 21.1. The van der Waals surface area contributed by atoms with Crippen LogP contribution in [-0.2, 0) is 4.79 Å². The fraction of sp³-hybridized carbons (Fsp3) is 0.545. The standard InChI is InChI=1S/C11H15NOS/c1-9(10-4-7-14-8-10)12-5-2-11(13)3-6-12/h4,7-9H,2-3,5-6H2,1H3. The number of hydrogen-bond donors (Lipinski definition) is 0. The van der Waals surface area contributed by atoms with Crippen LogP contribution in [0.15, 0.2) is 16.8 Å². The van der Waals surface area contributed by atoms with Crippen molar-refractivity contribution in [3.8, 4) is 0 Å². The highest BCUT2D eigenvalue weighted by molar-refractivity contribution is 7.07. The van der Waals surface area contributed by atoms with Gasteiger partial charge < -0.3 is 0 Å². The molecule has 3 heteroatoms. The van der Waals surface area contributed by atoms with Gasteiger partial charge in [0.25, 0.3) is 0 Å². The first-order chi connectivity index (χ1) is 6.77. The molecule has 0 saturated carbocycles. The van der Waals surface area contributed by atoms with Gasteiger partial charge in [-0.3, -0.25) is 9.69 Å². The zero-order valence-electron chi connectivity index (χ0n) is 8.40. The van der Waals surface area contributed by atoms with E-state index in [2.05, 4.69) is 28.7 Å². The van der Waals surface area contributed by atoms with Crippen LogP contribution in [-0.4, -0.2) is 23.8 Å². The van der Waals surface area contributed by atoms with E-state index in [1.54, 1.807) is 11.3 Å². The molecule has 14 heavy (non-hydrogen) atoms. The Bertz CT molecular complexity index is 297. The monoisotopic (exact) mass is 209 g/mol. The molecule has 1 atom stereocenters. The third kappa shape index (κ3) is 2.04. The summed E-state index contributed by atoms with van der Waals surface area (Å²) in [6, 6.07) is 2.64. The van der Waals surface area contributed by atoms with Gasteiger partial charge in [0.2, 0.25) is 0 Å². The lowest BCUT2D eigenvalue weighted by Gasteiger charge is -2.31. The summed E-state index contributed by atoms with van der Waals surface area (Å²) in [7, 11) is 0. The van der Waals surface area contributed by atoms with Crippen molar-refractivity contribution < 1.29 is 4.79 Å². The molecule has 2 rings (SSSR count). The fourth-order valence-corrected chi connectivity index (χ4v) is 2.63. The average Bonchev–Trinajstić information content (AvgIpc) is 2.71. The van der Waals surface area contributed by atoms with E-state index in [1.807, 2.05) is 0 Å². The second kappa shape index (κ2) is 4.24. The van der Waals surface area contributed by atoms with Crippen LogP contribution < -0.4 is 0 Å². The number of Topliss-reactive ketones (excluding diaryl/α,β-unsaturated/α-hetero) is 1. The number of thiophene rings is 1. The molecule has 0 bridgehead atoms. The number of rotatable bonds is 2. The van der Waals surface area contributed by atoms with E-state index in [9.17, 15) is 4.79 Å². The average molecular weight is 209 g/mol. The van der Waals surface area contributed by atoms with Gasteiger partial charge in [0.05, 0.1) is 0 Å². The van der Waals surface area contributed by atoms with Crippen LogP contribution in [0.5, 0.6) is 0 Å². The summed E-state index contributed by atoms with van der Waals surface area (Å²) in [4.78, 5) is 13.5. The van der Waals surface area contributed by atoms with Crippen molar-refractivity contribution >= 4 is 17.1 Å². The molecule has 1 aromatic heterocycles. The molecule has 0 spiro atoms. The van der Waals surface area contributed by atoms with Gasteiger partial charge in [0.1, 0.15) is 5.78 Å². The number of nitrogens with zero attached hydrogens (tertiary/aromatic N) is 1. The number of likely N-dealkylation sites (tertiary alicyclic amines) is 1. The third-order valence-electron chi connectivity index (χ3n) is 2.93. The summed E-state index contributed by atoms with van der Waals surface area (Å²) < 4.78 is 0. The first-order valence-corrected chi connectivity index (χ1v) is 5.99. The second-order valence-electron chi connectivity index (χ2n) is 3.81. The first-order valence-electron chi connectivity index (χ1n) is 5.05. The zero-order valence-corrected chi connectivity index (χ0v) is 9.22. The maximum atomic E-state index is 11.1. The van der Waals surface area contributed by atoms with Gasteiger partial charge in [-0.2, -0.15) is 11.3 Å². The molecule has 1 unspecified atom stereocenters. The molecular weight excluding hydrogens is 194 g/mol. The number of carbonyl (C=O) groups excluding carboxylic acids is 1. The van der Waals surface area contributed by atoms with Gasteiger partial charge in [-0.1, -0.05) is 0 Å². The minimum absolute atomic E-state index is 0.416. The number of piperidine rings is 1. The van der Waals surface area contributed by atoms with Gasteiger partial charge in [-0.05, 0) is 29.3 Å². The van der Waals surface area contributed by atoms with E-state index in [0.717, 1.165) is 25.9 Å². The van der Waals surface area contributed by atoms with Crippen molar-refractivity contribution in [3.05, 3.63) is 22.4 Å². The number of carbonyl (C=O) groups is 1. The third-order valence-corrected chi connectivity index (χ3v) is 3.63. The number of ketones is 1. The van der Waals surface area contributed by atoms with Crippen LogP contribution in [0.4, 0.5) is 0 Å². The Labute approximate surface area is 88.5 Å². The minimum Gasteiger partial charge on any atom is -0.300 e. The molecular formula is C11H15NOS. The summed E-state index contributed by atoms with van der Waals surface area (Å²) >= 11 is 1.74. The molecule has 0 aromatic carbocycles. The Hall–Kier alpha value is -0.670. The molecule has 0 amide bonds. The van der Waals surface area contributed by atoms with E-state index >= 15 is 0 Å². The predicted octanol–water partition coefficient (Wildman–Crippen LogP) is 2.47. The van der Waals surface area contributed by atoms with E-state index in [4.69, 9.17) is 0 Å². The van der Waals surface area contributed by atoms with Crippen LogP contribution in [0.1, 0.15) is 31.4 Å². The van der Waals surface area contributed by atoms with Crippen molar-refractivity contribution in [2.45, 2.75) is 25.8 Å². The predicted molar refractivity (Wildman–Crippen MR) is 58.5 cm³/mol. The maximum absolute atomic E-state index is 11.1. The quantitative estimate of drug-likeness (QED) is 0.745. The Morgan fingerprint density at radius 2 is 2.14 bits per heavy atom. The molecule has 0 N–H and O–H groups in total. The Kier molecular flexibility index (Phi) is 2.99. The largest absolute Gasteiger partial charge is 0.300 e. The van der Waals surface area contributed by atoms with Crippen LogP contribution in [0.2, 0.25) is 0 Å². The van der Waals surface area contributed by atoms with E-state index < -0.39 is 0 Å². The molecule has 76 valence electrons. The van der Waals surface area contributed by atoms with Crippen molar-refractivity contribution in [2.75, 3.05) is 13.1 Å². The lowest BCUT2D eigenvalue weighted by molar-refractivity contribution is -0.121. The maximum Gasteiger partial charge on any atom is 0.135 e. The van der Waals surface area contributed by atoms with Crippen molar-refractivity contribution in [1.82, 2.24) is 4.90 Å². The molecule has 0 radical (unpaired) electrons. The van der Waals surface area contributed by atoms with E-state index in [0.29, 0.717) is 11.8 Å². The zero-order chi connectivity index (χ0) is 9.97. The highest BCUT2D eigenvalue weighted by atomic mass is 32.1. The van der Waals surface area contributed by atoms with Crippen molar-refractivity contribution in [1.29, 1.82) is 0 Å². The molecule has 0 aliphatic carbocycles. The van der Waals surface area contributed by atoms with E-state index in [1.165, 1.54) is 5.56 Å². The molecule has 2 nitrogen and oxygen atoms in total. The van der Waals surface area contributed by atoms with E-state index in [-0.39, 0.29) is 0 Å². The summed E-state index contributed by atoms with van der Waals surface area (Å²) in [6.45, 7) is 4.07. The van der Waals surface area contributed by atoms with Gasteiger partial charge in [0.15, 0.2) is 0 Å². The van der Waals surface area contributed by atoms with Crippen molar-refractivity contribution in [3.63, 3.8) is 0 Å². The SMILES string of the molecule is CC(c1ccsc1)N1CCC(=O)CC1. The minimum atomic E-state index is 0.416. The van der Waals surface area contributed by atoms with Crippen LogP contribution in [0.25, 0.3) is 0 Å². The smallest absolute Gasteiger partial charge is 0.135 e. The summed E-state index contributed by atoms with van der Waals surface area (Å²) in [5.74, 6) is 0.416. The summed E-state index contributed by atoms with van der Waals surface area (Å²) in [6.07, 6.45) is 1.46. The highest BCUT2D eigenvalue weighted by Gasteiger charge is 2.21. The number of hydrogen-bond acceptors (Lipinski definition) is 3. The molecule has 1 saturated heterocycles. The van der Waals surface area contributed by atoms with Gasteiger partial charge in [0, 0.05) is 32.0 Å². The first kappa shape index (κ1) is 9.87. The summed E-state index contributed by atoms with van der Waals surface area (Å²) in [5.41, 5.74) is 1.38. The summed E-state index contributed by atoms with van der Waals surface area (Å²) in [5, 5.41) is 4.31. The molecule has 1 aromatic rings. The molecule has 1 aliphatic rings. The van der Waals surface area contributed by atoms with Crippen molar-refractivity contribution in [2.24, 2.45) is 0 Å². The van der Waals surface area contributed by atoms with Gasteiger partial charge in [-0.15, -0.1) is 0 Å². The molecule has 1 aliphatic heterocycles. The van der Waals surface area contributed by atoms with Gasteiger partial charge in [-0.25, -0.2) is 0 Å². The topological polar surface area (TPSA) is 20.3 Å². The van der Waals surface area contributed by atoms with Crippen LogP contribution in [0, 0.1) is 0 Å². The second-order valence-corrected chi connectivity index (χ2v) is 4.59. The fourth-order valence-electron chi connectivity index (χ4n) is 1.88. The molecule has 2 heterocycles. The Morgan fingerprint density at radius 1 is 1.43 bits per heavy atom. The Balaban J connectivity index is 1.99. The lowest BCUT2D eigenvalue weighted by atomic mass is 10.1. The van der Waals surface area contributed by atoms with Crippen LogP contribution >= 0.6 is 11.3 Å². The lowest BCUT2D eigenvalue weighted by Crippen LogP contribution is -2.35. The van der Waals surface area contributed by atoms with Gasteiger partial charge >= 0.3 is 0 Å².